The first-order valence-corrected chi connectivity index (χ1v) is 4.49. The standard InChI is InChI=1S/C9H17NO2/c1-7(11)6-9(12)4-2-8(10)3-5-9/h8,12H,2-6,10H2,1H3. The van der Waals surface area contributed by atoms with Crippen molar-refractivity contribution in [1.82, 2.24) is 0 Å². The average Bonchev–Trinajstić information content (AvgIpc) is 1.94. The molecule has 1 aliphatic rings. The van der Waals surface area contributed by atoms with Crippen LogP contribution in [0, 0.1) is 0 Å². The molecular weight excluding hydrogens is 154 g/mol. The molecule has 0 atom stereocenters. The van der Waals surface area contributed by atoms with Gasteiger partial charge in [0.25, 0.3) is 0 Å². The largest absolute Gasteiger partial charge is 0.389 e. The lowest BCUT2D eigenvalue weighted by Crippen LogP contribution is -2.40. The van der Waals surface area contributed by atoms with Gasteiger partial charge in [-0.1, -0.05) is 0 Å². The molecule has 1 rings (SSSR count). The maximum Gasteiger partial charge on any atom is 0.132 e. The minimum Gasteiger partial charge on any atom is -0.389 e. The van der Waals surface area contributed by atoms with Gasteiger partial charge in [-0.3, -0.25) is 4.79 Å². The van der Waals surface area contributed by atoms with Crippen molar-refractivity contribution in [3.8, 4) is 0 Å². The topological polar surface area (TPSA) is 63.3 Å². The molecule has 0 bridgehead atoms. The highest BCUT2D eigenvalue weighted by molar-refractivity contribution is 5.76. The van der Waals surface area contributed by atoms with E-state index >= 15 is 0 Å². The molecule has 0 unspecified atom stereocenters. The Morgan fingerprint density at radius 1 is 1.58 bits per heavy atom. The molecule has 0 heterocycles. The van der Waals surface area contributed by atoms with Gasteiger partial charge in [0.05, 0.1) is 5.60 Å². The molecule has 1 saturated carbocycles. The number of hydrogen-bond acceptors (Lipinski definition) is 3. The van der Waals surface area contributed by atoms with Crippen LogP contribution in [0.1, 0.15) is 39.0 Å². The number of ketones is 1. The van der Waals surface area contributed by atoms with Crippen LogP contribution in [0.25, 0.3) is 0 Å². The second kappa shape index (κ2) is 3.54. The Labute approximate surface area is 72.9 Å². The van der Waals surface area contributed by atoms with Gasteiger partial charge >= 0.3 is 0 Å². The van der Waals surface area contributed by atoms with E-state index in [-0.39, 0.29) is 11.8 Å². The predicted octanol–water partition coefficient (Wildman–Crippen LogP) is 0.598. The number of aliphatic hydroxyl groups is 1. The second-order valence-corrected chi connectivity index (χ2v) is 3.94. The van der Waals surface area contributed by atoms with Gasteiger partial charge in [-0.25, -0.2) is 0 Å². The first-order chi connectivity index (χ1) is 5.52. The van der Waals surface area contributed by atoms with Gasteiger partial charge in [-0.15, -0.1) is 0 Å². The third-order valence-electron chi connectivity index (χ3n) is 2.54. The summed E-state index contributed by atoms with van der Waals surface area (Å²) in [5.41, 5.74) is 4.94. The van der Waals surface area contributed by atoms with Crippen molar-refractivity contribution in [3.05, 3.63) is 0 Å². The van der Waals surface area contributed by atoms with Gasteiger partial charge in [0.1, 0.15) is 5.78 Å². The summed E-state index contributed by atoms with van der Waals surface area (Å²) in [5, 5.41) is 9.88. The number of Topliss-reactive ketones (excluding diaryl/α,β-unsaturated/α-hetero) is 1. The highest BCUT2D eigenvalue weighted by Gasteiger charge is 2.32. The summed E-state index contributed by atoms with van der Waals surface area (Å²) in [5.74, 6) is 0.0629. The number of carbonyl (C=O) groups is 1. The van der Waals surface area contributed by atoms with Crippen LogP contribution in [0.3, 0.4) is 0 Å². The van der Waals surface area contributed by atoms with E-state index in [2.05, 4.69) is 0 Å². The van der Waals surface area contributed by atoms with Gasteiger partial charge in [0, 0.05) is 12.5 Å². The molecule has 3 heteroatoms. The molecule has 0 spiro atoms. The second-order valence-electron chi connectivity index (χ2n) is 3.94. The van der Waals surface area contributed by atoms with E-state index in [0.29, 0.717) is 19.3 Å². The van der Waals surface area contributed by atoms with Gasteiger partial charge in [-0.2, -0.15) is 0 Å². The Balaban J connectivity index is 2.44. The molecule has 70 valence electrons. The molecule has 3 nitrogen and oxygen atoms in total. The van der Waals surface area contributed by atoms with Crippen LogP contribution in [-0.2, 0) is 4.79 Å². The Morgan fingerprint density at radius 3 is 2.50 bits per heavy atom. The van der Waals surface area contributed by atoms with E-state index in [4.69, 9.17) is 5.73 Å². The summed E-state index contributed by atoms with van der Waals surface area (Å²) >= 11 is 0. The highest BCUT2D eigenvalue weighted by Crippen LogP contribution is 2.30. The van der Waals surface area contributed by atoms with Crippen molar-refractivity contribution in [2.45, 2.75) is 50.7 Å². The molecule has 1 fully saturated rings. The monoisotopic (exact) mass is 171 g/mol. The van der Waals surface area contributed by atoms with Gasteiger partial charge in [0.2, 0.25) is 0 Å². The van der Waals surface area contributed by atoms with E-state index < -0.39 is 5.60 Å². The fourth-order valence-electron chi connectivity index (χ4n) is 1.82. The van der Waals surface area contributed by atoms with Crippen molar-refractivity contribution in [1.29, 1.82) is 0 Å². The Hall–Kier alpha value is -0.410. The summed E-state index contributed by atoms with van der Waals surface area (Å²) in [6, 6.07) is 0.220. The molecule has 0 aromatic rings. The highest BCUT2D eigenvalue weighted by atomic mass is 16.3. The summed E-state index contributed by atoms with van der Waals surface area (Å²) < 4.78 is 0. The number of hydrogen-bond donors (Lipinski definition) is 2. The normalized spacial score (nSPS) is 36.4. The summed E-state index contributed by atoms with van der Waals surface area (Å²) in [4.78, 5) is 10.8. The van der Waals surface area contributed by atoms with Gasteiger partial charge < -0.3 is 10.8 Å². The Kier molecular flexibility index (Phi) is 2.85. The van der Waals surface area contributed by atoms with Crippen LogP contribution in [0.5, 0.6) is 0 Å². The fourth-order valence-corrected chi connectivity index (χ4v) is 1.82. The van der Waals surface area contributed by atoms with Gasteiger partial charge in [0.15, 0.2) is 0 Å². The first-order valence-electron chi connectivity index (χ1n) is 4.49. The molecule has 0 amide bonds. The molecule has 0 aromatic carbocycles. The molecule has 0 aliphatic heterocycles. The fraction of sp³-hybridized carbons (Fsp3) is 0.889. The molecule has 0 saturated heterocycles. The smallest absolute Gasteiger partial charge is 0.132 e. The van der Waals surface area contributed by atoms with Crippen LogP contribution < -0.4 is 5.73 Å². The zero-order valence-electron chi connectivity index (χ0n) is 7.55. The van der Waals surface area contributed by atoms with Crippen LogP contribution in [0.15, 0.2) is 0 Å². The lowest BCUT2D eigenvalue weighted by Gasteiger charge is -2.33. The van der Waals surface area contributed by atoms with Crippen molar-refractivity contribution < 1.29 is 9.90 Å². The quantitative estimate of drug-likeness (QED) is 0.639. The first kappa shape index (κ1) is 9.68. The molecule has 0 aromatic heterocycles. The van der Waals surface area contributed by atoms with E-state index in [1.165, 1.54) is 6.92 Å². The number of carbonyl (C=O) groups excluding carboxylic acids is 1. The van der Waals surface area contributed by atoms with E-state index in [9.17, 15) is 9.90 Å². The van der Waals surface area contributed by atoms with Crippen molar-refractivity contribution in [2.75, 3.05) is 0 Å². The van der Waals surface area contributed by atoms with Crippen LogP contribution in [-0.4, -0.2) is 22.5 Å². The lowest BCUT2D eigenvalue weighted by atomic mass is 9.80. The maximum absolute atomic E-state index is 10.8. The molecular formula is C9H17NO2. The minimum atomic E-state index is -0.748. The SMILES string of the molecule is CC(=O)CC1(O)CCC(N)CC1. The summed E-state index contributed by atoms with van der Waals surface area (Å²) in [7, 11) is 0. The zero-order valence-corrected chi connectivity index (χ0v) is 7.55. The summed E-state index contributed by atoms with van der Waals surface area (Å²) in [6.45, 7) is 1.52. The summed E-state index contributed by atoms with van der Waals surface area (Å²) in [6.07, 6.45) is 3.31. The number of nitrogens with two attached hydrogens (primary N) is 1. The van der Waals surface area contributed by atoms with Crippen molar-refractivity contribution in [2.24, 2.45) is 5.73 Å². The van der Waals surface area contributed by atoms with E-state index in [1.54, 1.807) is 0 Å². The third-order valence-corrected chi connectivity index (χ3v) is 2.54. The van der Waals surface area contributed by atoms with Crippen LogP contribution in [0.4, 0.5) is 0 Å². The molecule has 12 heavy (non-hydrogen) atoms. The third kappa shape index (κ3) is 2.57. The van der Waals surface area contributed by atoms with Gasteiger partial charge in [-0.05, 0) is 32.6 Å². The Morgan fingerprint density at radius 2 is 2.08 bits per heavy atom. The molecule has 0 radical (unpaired) electrons. The van der Waals surface area contributed by atoms with E-state index in [0.717, 1.165) is 12.8 Å². The van der Waals surface area contributed by atoms with Crippen molar-refractivity contribution >= 4 is 5.78 Å². The number of rotatable bonds is 2. The average molecular weight is 171 g/mol. The van der Waals surface area contributed by atoms with Crippen LogP contribution >= 0.6 is 0 Å². The van der Waals surface area contributed by atoms with Crippen molar-refractivity contribution in [3.63, 3.8) is 0 Å². The zero-order chi connectivity index (χ0) is 9.19. The minimum absolute atomic E-state index is 0.0629. The van der Waals surface area contributed by atoms with Crippen LogP contribution in [0.2, 0.25) is 0 Å². The molecule has 1 aliphatic carbocycles. The predicted molar refractivity (Wildman–Crippen MR) is 46.7 cm³/mol. The maximum atomic E-state index is 10.8. The van der Waals surface area contributed by atoms with E-state index in [1.807, 2.05) is 0 Å². The molecule has 3 N–H and O–H groups in total. The lowest BCUT2D eigenvalue weighted by molar-refractivity contribution is -0.123. The Bertz CT molecular complexity index is 171.